The highest BCUT2D eigenvalue weighted by molar-refractivity contribution is 5.99. The first-order chi connectivity index (χ1) is 12.3. The third-order valence-corrected chi connectivity index (χ3v) is 4.36. The van der Waals surface area contributed by atoms with Gasteiger partial charge in [0.05, 0.1) is 25.5 Å². The molecule has 0 amide bonds. The second-order valence-electron chi connectivity index (χ2n) is 5.90. The van der Waals surface area contributed by atoms with Gasteiger partial charge in [0.2, 0.25) is 0 Å². The van der Waals surface area contributed by atoms with Gasteiger partial charge in [0.1, 0.15) is 11.6 Å². The minimum Gasteiger partial charge on any atom is -0.496 e. The predicted molar refractivity (Wildman–Crippen MR) is 105 cm³/mol. The zero-order valence-corrected chi connectivity index (χ0v) is 15.4. The van der Waals surface area contributed by atoms with Gasteiger partial charge in [-0.05, 0) is 29.8 Å². The van der Waals surface area contributed by atoms with Crippen LogP contribution >= 0.6 is 12.4 Å². The quantitative estimate of drug-likeness (QED) is 0.541. The second-order valence-corrected chi connectivity index (χ2v) is 5.90. The predicted octanol–water partition coefficient (Wildman–Crippen LogP) is 4.28. The van der Waals surface area contributed by atoms with Crippen molar-refractivity contribution in [3.8, 4) is 16.9 Å². The van der Waals surface area contributed by atoms with Gasteiger partial charge in [-0.1, -0.05) is 30.3 Å². The van der Waals surface area contributed by atoms with Crippen LogP contribution in [-0.4, -0.2) is 26.9 Å². The molecule has 0 spiro atoms. The molecular formula is C20H19ClN4O. The Morgan fingerprint density at radius 1 is 1.12 bits per heavy atom. The second kappa shape index (κ2) is 7.54. The molecule has 4 rings (SSSR count). The zero-order chi connectivity index (χ0) is 17.2. The first kappa shape index (κ1) is 17.9. The van der Waals surface area contributed by atoms with Crippen LogP contribution in [0.25, 0.3) is 21.9 Å². The van der Waals surface area contributed by atoms with Gasteiger partial charge in [0, 0.05) is 23.5 Å². The summed E-state index contributed by atoms with van der Waals surface area (Å²) in [6.45, 7) is 2.62. The fourth-order valence-corrected chi connectivity index (χ4v) is 3.09. The molecule has 132 valence electrons. The molecule has 5 nitrogen and oxygen atoms in total. The van der Waals surface area contributed by atoms with E-state index in [0.717, 1.165) is 33.8 Å². The molecule has 2 heterocycles. The van der Waals surface area contributed by atoms with Crippen molar-refractivity contribution in [3.63, 3.8) is 0 Å². The lowest BCUT2D eigenvalue weighted by atomic mass is 9.98. The van der Waals surface area contributed by atoms with Crippen LogP contribution in [0.15, 0.2) is 61.1 Å². The molecule has 2 aromatic carbocycles. The summed E-state index contributed by atoms with van der Waals surface area (Å²) in [5.41, 5.74) is 2.92. The van der Waals surface area contributed by atoms with E-state index in [9.17, 15) is 0 Å². The third kappa shape index (κ3) is 3.26. The van der Waals surface area contributed by atoms with E-state index < -0.39 is 0 Å². The van der Waals surface area contributed by atoms with E-state index in [0.29, 0.717) is 6.54 Å². The van der Waals surface area contributed by atoms with E-state index in [-0.39, 0.29) is 12.4 Å². The number of benzene rings is 2. The molecule has 0 N–H and O–H groups in total. The zero-order valence-electron chi connectivity index (χ0n) is 14.6. The Hall–Kier alpha value is -2.92. The molecule has 0 saturated heterocycles. The van der Waals surface area contributed by atoms with Crippen LogP contribution in [0.1, 0.15) is 11.5 Å². The summed E-state index contributed by atoms with van der Waals surface area (Å²) in [5, 5.41) is 10.8. The van der Waals surface area contributed by atoms with Crippen molar-refractivity contribution in [1.29, 1.82) is 0 Å². The van der Waals surface area contributed by atoms with Gasteiger partial charge >= 0.3 is 0 Å². The van der Waals surface area contributed by atoms with E-state index in [1.54, 1.807) is 19.5 Å². The highest BCUT2D eigenvalue weighted by Crippen LogP contribution is 2.36. The summed E-state index contributed by atoms with van der Waals surface area (Å²) in [4.78, 5) is 4.26. The minimum absolute atomic E-state index is 0. The Bertz CT molecular complexity index is 1040. The van der Waals surface area contributed by atoms with Crippen LogP contribution in [0.4, 0.5) is 0 Å². The lowest BCUT2D eigenvalue weighted by Crippen LogP contribution is -2.04. The number of hydrogen-bond donors (Lipinski definition) is 0. The Balaban J connectivity index is 0.00000196. The van der Waals surface area contributed by atoms with Crippen LogP contribution in [0.3, 0.4) is 0 Å². The first-order valence-corrected chi connectivity index (χ1v) is 8.11. The molecular weight excluding hydrogens is 348 g/mol. The maximum Gasteiger partial charge on any atom is 0.127 e. The molecule has 0 atom stereocenters. The van der Waals surface area contributed by atoms with Crippen molar-refractivity contribution in [2.75, 3.05) is 7.11 Å². The molecule has 0 aliphatic heterocycles. The first-order valence-electron chi connectivity index (χ1n) is 8.11. The molecule has 0 unspecified atom stereocenters. The van der Waals surface area contributed by atoms with Crippen LogP contribution in [-0.2, 0) is 6.54 Å². The lowest BCUT2D eigenvalue weighted by molar-refractivity contribution is 0.417. The number of aromatic nitrogens is 4. The number of rotatable bonds is 4. The summed E-state index contributed by atoms with van der Waals surface area (Å²) >= 11 is 0. The highest BCUT2D eigenvalue weighted by atomic mass is 35.5. The number of halogens is 1. The van der Waals surface area contributed by atoms with Crippen LogP contribution in [0, 0.1) is 6.92 Å². The summed E-state index contributed by atoms with van der Waals surface area (Å²) < 4.78 is 7.66. The van der Waals surface area contributed by atoms with Crippen molar-refractivity contribution in [2.45, 2.75) is 13.5 Å². The maximum atomic E-state index is 5.61. The largest absolute Gasteiger partial charge is 0.496 e. The topological polar surface area (TPSA) is 52.8 Å². The molecule has 0 fully saturated rings. The molecule has 0 bridgehead atoms. The Morgan fingerprint density at radius 2 is 1.96 bits per heavy atom. The Labute approximate surface area is 158 Å². The van der Waals surface area contributed by atoms with Crippen molar-refractivity contribution >= 4 is 23.2 Å². The van der Waals surface area contributed by atoms with Gasteiger partial charge in [0.25, 0.3) is 0 Å². The van der Waals surface area contributed by atoms with Gasteiger partial charge in [-0.15, -0.1) is 12.4 Å². The lowest BCUT2D eigenvalue weighted by Gasteiger charge is -2.13. The van der Waals surface area contributed by atoms with Crippen molar-refractivity contribution < 1.29 is 4.74 Å². The van der Waals surface area contributed by atoms with Gasteiger partial charge in [-0.3, -0.25) is 0 Å². The normalized spacial score (nSPS) is 10.5. The maximum absolute atomic E-state index is 5.61. The fraction of sp³-hybridized carbons (Fsp3) is 0.150. The number of hydrogen-bond acceptors (Lipinski definition) is 4. The van der Waals surface area contributed by atoms with Gasteiger partial charge in [-0.25, -0.2) is 4.98 Å². The van der Waals surface area contributed by atoms with Crippen molar-refractivity contribution in [1.82, 2.24) is 19.7 Å². The summed E-state index contributed by atoms with van der Waals surface area (Å²) in [5.74, 6) is 1.78. The smallest absolute Gasteiger partial charge is 0.127 e. The average Bonchev–Trinajstić information content (AvgIpc) is 3.05. The molecule has 0 aliphatic carbocycles. The van der Waals surface area contributed by atoms with E-state index >= 15 is 0 Å². The number of fused-ring (bicyclic) bond motifs is 1. The number of methoxy groups -OCH3 is 1. The van der Waals surface area contributed by atoms with E-state index in [1.165, 1.54) is 5.39 Å². The van der Waals surface area contributed by atoms with Gasteiger partial charge in [-0.2, -0.15) is 10.2 Å². The van der Waals surface area contributed by atoms with Crippen LogP contribution in [0.2, 0.25) is 0 Å². The van der Waals surface area contributed by atoms with E-state index in [2.05, 4.69) is 39.4 Å². The number of aryl methyl sites for hydroxylation is 1. The average molecular weight is 367 g/mol. The molecule has 0 saturated carbocycles. The number of imidazole rings is 1. The minimum atomic E-state index is 0. The van der Waals surface area contributed by atoms with Crippen LogP contribution in [0.5, 0.6) is 5.75 Å². The SMILES string of the molecule is COc1ccc2ccccc2c1-c1cnnc(Cn2ccnc2C)c1.Cl. The molecule has 0 aliphatic rings. The standard InChI is InChI=1S/C20H18N4O.ClH/c1-14-21-9-10-24(14)13-17-11-16(12-22-23-17)20-18-6-4-3-5-15(18)7-8-19(20)25-2;/h3-12H,13H2,1-2H3;1H. The van der Waals surface area contributed by atoms with Gasteiger partial charge < -0.3 is 9.30 Å². The molecule has 0 radical (unpaired) electrons. The Kier molecular flexibility index (Phi) is 5.19. The highest BCUT2D eigenvalue weighted by Gasteiger charge is 2.12. The summed E-state index contributed by atoms with van der Waals surface area (Å²) in [6, 6.07) is 14.4. The van der Waals surface area contributed by atoms with Gasteiger partial charge in [0.15, 0.2) is 0 Å². The monoisotopic (exact) mass is 366 g/mol. The molecule has 26 heavy (non-hydrogen) atoms. The molecule has 2 aromatic heterocycles. The number of ether oxygens (including phenoxy) is 1. The van der Waals surface area contributed by atoms with Crippen molar-refractivity contribution in [3.05, 3.63) is 72.6 Å². The van der Waals surface area contributed by atoms with E-state index in [4.69, 9.17) is 4.74 Å². The van der Waals surface area contributed by atoms with Crippen molar-refractivity contribution in [2.24, 2.45) is 0 Å². The van der Waals surface area contributed by atoms with Crippen LogP contribution < -0.4 is 4.74 Å². The molecule has 6 heteroatoms. The fourth-order valence-electron chi connectivity index (χ4n) is 3.09. The molecule has 4 aromatic rings. The third-order valence-electron chi connectivity index (χ3n) is 4.36. The summed E-state index contributed by atoms with van der Waals surface area (Å²) in [6.07, 6.45) is 5.52. The Morgan fingerprint density at radius 3 is 2.73 bits per heavy atom. The summed E-state index contributed by atoms with van der Waals surface area (Å²) in [7, 11) is 1.69. The number of nitrogens with zero attached hydrogens (tertiary/aromatic N) is 4. The van der Waals surface area contributed by atoms with E-state index in [1.807, 2.05) is 35.9 Å².